The minimum absolute atomic E-state index is 0.0328. The molecular formula is C12H16BrFN2O3S. The minimum atomic E-state index is -3.94. The lowest BCUT2D eigenvalue weighted by atomic mass is 10.3. The zero-order valence-corrected chi connectivity index (χ0v) is 13.5. The second kappa shape index (κ2) is 5.59. The lowest BCUT2D eigenvalue weighted by Gasteiger charge is -2.34. The summed E-state index contributed by atoms with van der Waals surface area (Å²) in [4.78, 5) is -0.411. The first-order chi connectivity index (χ1) is 9.21. The SMILES string of the molecule is C[C@@H]1CN(S(=O)(=O)c2cc(N)cc(Br)c2F)C[C@H](C)O1. The first-order valence-electron chi connectivity index (χ1n) is 6.12. The fraction of sp³-hybridized carbons (Fsp3) is 0.500. The average Bonchev–Trinajstić information content (AvgIpc) is 2.32. The molecule has 0 aliphatic carbocycles. The topological polar surface area (TPSA) is 72.6 Å². The molecule has 2 N–H and O–H groups in total. The summed E-state index contributed by atoms with van der Waals surface area (Å²) in [5, 5.41) is 0. The normalized spacial score (nSPS) is 24.8. The van der Waals surface area contributed by atoms with Gasteiger partial charge in [0, 0.05) is 18.8 Å². The van der Waals surface area contributed by atoms with Crippen LogP contribution in [0.2, 0.25) is 0 Å². The molecule has 0 spiro atoms. The van der Waals surface area contributed by atoms with Crippen LogP contribution in [0.1, 0.15) is 13.8 Å². The van der Waals surface area contributed by atoms with E-state index in [0.29, 0.717) is 0 Å². The van der Waals surface area contributed by atoms with E-state index in [9.17, 15) is 12.8 Å². The summed E-state index contributed by atoms with van der Waals surface area (Å²) in [6, 6.07) is 2.47. The van der Waals surface area contributed by atoms with Gasteiger partial charge in [-0.1, -0.05) is 0 Å². The van der Waals surface area contributed by atoms with Gasteiger partial charge in [0.2, 0.25) is 10.0 Å². The van der Waals surface area contributed by atoms with Crippen LogP contribution in [-0.4, -0.2) is 38.0 Å². The van der Waals surface area contributed by atoms with Crippen molar-refractivity contribution in [1.82, 2.24) is 4.31 Å². The van der Waals surface area contributed by atoms with Crippen molar-refractivity contribution >= 4 is 31.6 Å². The fourth-order valence-electron chi connectivity index (χ4n) is 2.24. The number of benzene rings is 1. The molecule has 0 amide bonds. The number of anilines is 1. The van der Waals surface area contributed by atoms with Gasteiger partial charge in [0.1, 0.15) is 4.90 Å². The molecule has 2 rings (SSSR count). The van der Waals surface area contributed by atoms with E-state index >= 15 is 0 Å². The van der Waals surface area contributed by atoms with Crippen molar-refractivity contribution in [3.63, 3.8) is 0 Å². The largest absolute Gasteiger partial charge is 0.399 e. The molecule has 2 atom stereocenters. The first kappa shape index (κ1) is 15.7. The number of nitrogens with two attached hydrogens (primary N) is 1. The number of hydrogen-bond donors (Lipinski definition) is 1. The summed E-state index contributed by atoms with van der Waals surface area (Å²) in [5.41, 5.74) is 5.79. The molecule has 0 bridgehead atoms. The van der Waals surface area contributed by atoms with Gasteiger partial charge in [0.25, 0.3) is 0 Å². The third-order valence-electron chi connectivity index (χ3n) is 3.02. The van der Waals surface area contributed by atoms with E-state index in [1.165, 1.54) is 10.4 Å². The molecule has 1 aliphatic heterocycles. The summed E-state index contributed by atoms with van der Waals surface area (Å²) in [6.07, 6.45) is -0.470. The van der Waals surface area contributed by atoms with E-state index in [-0.39, 0.29) is 35.5 Å². The Balaban J connectivity index is 2.45. The molecule has 20 heavy (non-hydrogen) atoms. The maximum atomic E-state index is 14.1. The highest BCUT2D eigenvalue weighted by Gasteiger charge is 2.34. The van der Waals surface area contributed by atoms with Crippen molar-refractivity contribution in [2.45, 2.75) is 31.0 Å². The molecule has 0 radical (unpaired) electrons. The molecule has 5 nitrogen and oxygen atoms in total. The van der Waals surface area contributed by atoms with Gasteiger partial charge in [0.05, 0.1) is 16.7 Å². The summed E-state index contributed by atoms with van der Waals surface area (Å²) in [6.45, 7) is 3.95. The van der Waals surface area contributed by atoms with Gasteiger partial charge in [-0.25, -0.2) is 12.8 Å². The Morgan fingerprint density at radius 3 is 2.45 bits per heavy atom. The average molecular weight is 367 g/mol. The van der Waals surface area contributed by atoms with Gasteiger partial charge in [-0.15, -0.1) is 0 Å². The Hall–Kier alpha value is -0.700. The Bertz CT molecular complexity index is 613. The van der Waals surface area contributed by atoms with Crippen LogP contribution < -0.4 is 5.73 Å². The number of rotatable bonds is 2. The number of morpholine rings is 1. The van der Waals surface area contributed by atoms with Gasteiger partial charge in [-0.2, -0.15) is 4.31 Å². The standard InChI is InChI=1S/C12H16BrFN2O3S/c1-7-5-16(6-8(2)19-7)20(17,18)11-4-9(15)3-10(13)12(11)14/h3-4,7-8H,5-6,15H2,1-2H3/t7-,8+. The van der Waals surface area contributed by atoms with Crippen LogP contribution in [0.5, 0.6) is 0 Å². The zero-order chi connectivity index (χ0) is 15.1. The lowest BCUT2D eigenvalue weighted by Crippen LogP contribution is -2.48. The molecule has 0 saturated carbocycles. The lowest BCUT2D eigenvalue weighted by molar-refractivity contribution is -0.0441. The summed E-state index contributed by atoms with van der Waals surface area (Å²) in [5.74, 6) is -0.828. The van der Waals surface area contributed by atoms with E-state index in [1.54, 1.807) is 13.8 Å². The zero-order valence-electron chi connectivity index (χ0n) is 11.1. The molecule has 1 saturated heterocycles. The van der Waals surface area contributed by atoms with E-state index in [0.717, 1.165) is 6.07 Å². The fourth-order valence-corrected chi connectivity index (χ4v) is 4.56. The van der Waals surface area contributed by atoms with Crippen LogP contribution in [0, 0.1) is 5.82 Å². The summed E-state index contributed by atoms with van der Waals surface area (Å²) in [7, 11) is -3.94. The van der Waals surface area contributed by atoms with Crippen molar-refractivity contribution < 1.29 is 17.5 Å². The highest BCUT2D eigenvalue weighted by Crippen LogP contribution is 2.29. The van der Waals surface area contributed by atoms with Crippen LogP contribution >= 0.6 is 15.9 Å². The van der Waals surface area contributed by atoms with Gasteiger partial charge in [-0.05, 0) is 41.9 Å². The Kier molecular flexibility index (Phi) is 4.38. The molecular weight excluding hydrogens is 351 g/mol. The van der Waals surface area contributed by atoms with Crippen molar-refractivity contribution in [2.75, 3.05) is 18.8 Å². The van der Waals surface area contributed by atoms with E-state index in [4.69, 9.17) is 10.5 Å². The monoisotopic (exact) mass is 366 g/mol. The summed E-state index contributed by atoms with van der Waals surface area (Å²) < 4.78 is 46.0. The highest BCUT2D eigenvalue weighted by molar-refractivity contribution is 9.10. The molecule has 1 aromatic rings. The van der Waals surface area contributed by atoms with Crippen molar-refractivity contribution in [3.8, 4) is 0 Å². The molecule has 1 heterocycles. The van der Waals surface area contributed by atoms with Crippen LogP contribution in [0.4, 0.5) is 10.1 Å². The quantitative estimate of drug-likeness (QED) is 0.812. The first-order valence-corrected chi connectivity index (χ1v) is 8.35. The molecule has 112 valence electrons. The second-order valence-corrected chi connectivity index (χ2v) is 7.65. The number of halogens is 2. The maximum Gasteiger partial charge on any atom is 0.246 e. The molecule has 0 aromatic heterocycles. The van der Waals surface area contributed by atoms with E-state index < -0.39 is 20.7 Å². The van der Waals surface area contributed by atoms with Gasteiger partial charge in [0.15, 0.2) is 5.82 Å². The third kappa shape index (κ3) is 2.98. The second-order valence-electron chi connectivity index (χ2n) is 4.89. The molecule has 0 unspecified atom stereocenters. The van der Waals surface area contributed by atoms with Crippen molar-refractivity contribution in [3.05, 3.63) is 22.4 Å². The number of nitrogens with zero attached hydrogens (tertiary/aromatic N) is 1. The molecule has 1 aromatic carbocycles. The van der Waals surface area contributed by atoms with Gasteiger partial charge in [-0.3, -0.25) is 0 Å². The maximum absolute atomic E-state index is 14.1. The number of nitrogen functional groups attached to an aromatic ring is 1. The minimum Gasteiger partial charge on any atom is -0.399 e. The predicted molar refractivity (Wildman–Crippen MR) is 77.3 cm³/mol. The number of ether oxygens (including phenoxy) is 1. The van der Waals surface area contributed by atoms with E-state index in [2.05, 4.69) is 15.9 Å². The van der Waals surface area contributed by atoms with Crippen molar-refractivity contribution in [1.29, 1.82) is 0 Å². The molecule has 8 heteroatoms. The summed E-state index contributed by atoms with van der Waals surface area (Å²) >= 11 is 2.97. The number of sulfonamides is 1. The molecule has 1 fully saturated rings. The Morgan fingerprint density at radius 2 is 1.90 bits per heavy atom. The van der Waals surface area contributed by atoms with Crippen LogP contribution in [0.3, 0.4) is 0 Å². The Labute approximate surface area is 126 Å². The van der Waals surface area contributed by atoms with Crippen LogP contribution in [0.15, 0.2) is 21.5 Å². The highest BCUT2D eigenvalue weighted by atomic mass is 79.9. The van der Waals surface area contributed by atoms with Crippen molar-refractivity contribution in [2.24, 2.45) is 0 Å². The predicted octanol–water partition coefficient (Wildman–Crippen LogP) is 1.97. The van der Waals surface area contributed by atoms with Gasteiger partial charge < -0.3 is 10.5 Å². The smallest absolute Gasteiger partial charge is 0.246 e. The van der Waals surface area contributed by atoms with Gasteiger partial charge >= 0.3 is 0 Å². The molecule has 1 aliphatic rings. The van der Waals surface area contributed by atoms with E-state index in [1.807, 2.05) is 0 Å². The third-order valence-corrected chi connectivity index (χ3v) is 5.43. The Morgan fingerprint density at radius 1 is 1.35 bits per heavy atom. The van der Waals surface area contributed by atoms with Crippen LogP contribution in [-0.2, 0) is 14.8 Å². The van der Waals surface area contributed by atoms with Crippen LogP contribution in [0.25, 0.3) is 0 Å². The number of hydrogen-bond acceptors (Lipinski definition) is 4.